The molecule has 0 aromatic heterocycles. The lowest BCUT2D eigenvalue weighted by atomic mass is 9.85. The molecule has 0 aromatic rings. The highest BCUT2D eigenvalue weighted by molar-refractivity contribution is 5.43. The largest absolute Gasteiger partial charge is 0.0813 e. The average Bonchev–Trinajstić information content (AvgIpc) is 2.75. The van der Waals surface area contributed by atoms with Crippen molar-refractivity contribution in [2.24, 2.45) is 0 Å². The summed E-state index contributed by atoms with van der Waals surface area (Å²) in [6, 6.07) is 0. The molecule has 0 amide bonds. The molecule has 0 bridgehead atoms. The van der Waals surface area contributed by atoms with E-state index in [1.165, 1.54) is 81.8 Å². The van der Waals surface area contributed by atoms with Gasteiger partial charge in [-0.25, -0.2) is 0 Å². The quantitative estimate of drug-likeness (QED) is 0.429. The van der Waals surface area contributed by atoms with E-state index in [1.54, 1.807) is 33.4 Å². The van der Waals surface area contributed by atoms with Crippen molar-refractivity contribution < 1.29 is 0 Å². The van der Waals surface area contributed by atoms with Crippen molar-refractivity contribution in [1.82, 2.24) is 0 Å². The molecule has 0 saturated heterocycles. The highest BCUT2D eigenvalue weighted by Gasteiger charge is 2.14. The molecule has 0 unspecified atom stereocenters. The fraction of sp³-hybridized carbons (Fsp3) is 0.448. The Bertz CT molecular complexity index is 886. The lowest BCUT2D eigenvalue weighted by Gasteiger charge is -2.21. The third-order valence-corrected chi connectivity index (χ3v) is 6.92. The zero-order valence-corrected chi connectivity index (χ0v) is 18.4. The summed E-state index contributed by atoms with van der Waals surface area (Å²) in [5.74, 6) is 0. The predicted octanol–water partition coefficient (Wildman–Crippen LogP) is 8.78. The zero-order valence-electron chi connectivity index (χ0n) is 18.4. The molecule has 0 heteroatoms. The molecule has 29 heavy (non-hydrogen) atoms. The van der Waals surface area contributed by atoms with E-state index in [0.29, 0.717) is 0 Å². The molecule has 0 saturated carbocycles. The van der Waals surface area contributed by atoms with Gasteiger partial charge in [-0.2, -0.15) is 0 Å². The summed E-state index contributed by atoms with van der Waals surface area (Å²) in [7, 11) is 0. The van der Waals surface area contributed by atoms with E-state index in [1.807, 2.05) is 0 Å². The van der Waals surface area contributed by atoms with E-state index in [2.05, 4.69) is 62.5 Å². The maximum Gasteiger partial charge on any atom is -0.0102 e. The van der Waals surface area contributed by atoms with Crippen LogP contribution in [-0.2, 0) is 0 Å². The molecule has 0 spiro atoms. The Hall–Kier alpha value is -2.08. The minimum atomic E-state index is 1.19. The summed E-state index contributed by atoms with van der Waals surface area (Å²) in [4.78, 5) is 0. The summed E-state index contributed by atoms with van der Waals surface area (Å²) < 4.78 is 0. The molecule has 152 valence electrons. The molecule has 4 rings (SSSR count). The SMILES string of the molecule is CC1=CCCC(C2=CC=C(CCC3=CC=C(CC4=CC=C(C)CC4)CC3)CC2)=C1. The summed E-state index contributed by atoms with van der Waals surface area (Å²) in [5.41, 5.74) is 12.6. The molecule has 0 aromatic carbocycles. The van der Waals surface area contributed by atoms with Gasteiger partial charge >= 0.3 is 0 Å². The number of rotatable bonds is 6. The van der Waals surface area contributed by atoms with E-state index in [0.717, 1.165) is 0 Å². The predicted molar refractivity (Wildman–Crippen MR) is 127 cm³/mol. The van der Waals surface area contributed by atoms with Gasteiger partial charge in [-0.1, -0.05) is 82.0 Å². The molecule has 0 N–H and O–H groups in total. The molecule has 0 atom stereocenters. The normalized spacial score (nSPS) is 22.4. The Morgan fingerprint density at radius 3 is 1.79 bits per heavy atom. The van der Waals surface area contributed by atoms with Gasteiger partial charge < -0.3 is 0 Å². The van der Waals surface area contributed by atoms with E-state index in [-0.39, 0.29) is 0 Å². The van der Waals surface area contributed by atoms with Gasteiger partial charge in [-0.05, 0) is 95.6 Å². The molecule has 0 radical (unpaired) electrons. The van der Waals surface area contributed by atoms with Crippen LogP contribution in [0.15, 0.2) is 93.2 Å². The number of hydrogen-bond acceptors (Lipinski definition) is 0. The summed E-state index contributed by atoms with van der Waals surface area (Å²) in [5, 5.41) is 0. The highest BCUT2D eigenvalue weighted by Crippen LogP contribution is 2.33. The minimum Gasteiger partial charge on any atom is -0.0813 e. The van der Waals surface area contributed by atoms with E-state index < -0.39 is 0 Å². The minimum absolute atomic E-state index is 1.19. The van der Waals surface area contributed by atoms with E-state index in [4.69, 9.17) is 0 Å². The van der Waals surface area contributed by atoms with Gasteiger partial charge in [-0.3, -0.25) is 0 Å². The molecule has 0 heterocycles. The van der Waals surface area contributed by atoms with Crippen molar-refractivity contribution >= 4 is 0 Å². The molecular formula is C29H36. The van der Waals surface area contributed by atoms with Crippen LogP contribution >= 0.6 is 0 Å². The second kappa shape index (κ2) is 9.61. The van der Waals surface area contributed by atoms with Crippen LogP contribution in [0.1, 0.15) is 84.5 Å². The fourth-order valence-electron chi connectivity index (χ4n) is 4.89. The Morgan fingerprint density at radius 2 is 1.21 bits per heavy atom. The maximum atomic E-state index is 2.43. The van der Waals surface area contributed by atoms with Gasteiger partial charge in [0, 0.05) is 0 Å². The number of allylic oxidation sites excluding steroid dienone is 16. The van der Waals surface area contributed by atoms with Crippen LogP contribution in [0.3, 0.4) is 0 Å². The first-order valence-corrected chi connectivity index (χ1v) is 11.6. The summed E-state index contributed by atoms with van der Waals surface area (Å²) >= 11 is 0. The summed E-state index contributed by atoms with van der Waals surface area (Å²) in [6.07, 6.45) is 32.7. The third kappa shape index (κ3) is 5.72. The van der Waals surface area contributed by atoms with Gasteiger partial charge in [0.25, 0.3) is 0 Å². The van der Waals surface area contributed by atoms with Crippen LogP contribution < -0.4 is 0 Å². The zero-order chi connectivity index (χ0) is 20.1. The number of hydrogen-bond donors (Lipinski definition) is 0. The van der Waals surface area contributed by atoms with Crippen LogP contribution in [-0.4, -0.2) is 0 Å². The molecule has 0 nitrogen and oxygen atoms in total. The summed E-state index contributed by atoms with van der Waals surface area (Å²) in [6.45, 7) is 4.47. The molecule has 0 aliphatic heterocycles. The van der Waals surface area contributed by atoms with Crippen LogP contribution in [0, 0.1) is 0 Å². The lowest BCUT2D eigenvalue weighted by Crippen LogP contribution is -2.01. The first kappa shape index (κ1) is 20.2. The molecule has 4 aliphatic rings. The van der Waals surface area contributed by atoms with Crippen LogP contribution in [0.2, 0.25) is 0 Å². The van der Waals surface area contributed by atoms with Gasteiger partial charge in [0.2, 0.25) is 0 Å². The van der Waals surface area contributed by atoms with Gasteiger partial charge in [0.05, 0.1) is 0 Å². The fourth-order valence-corrected chi connectivity index (χ4v) is 4.89. The van der Waals surface area contributed by atoms with Gasteiger partial charge in [0.15, 0.2) is 0 Å². The Kier molecular flexibility index (Phi) is 6.70. The third-order valence-electron chi connectivity index (χ3n) is 6.92. The van der Waals surface area contributed by atoms with Crippen LogP contribution in [0.5, 0.6) is 0 Å². The van der Waals surface area contributed by atoms with E-state index >= 15 is 0 Å². The van der Waals surface area contributed by atoms with Gasteiger partial charge in [-0.15, -0.1) is 0 Å². The second-order valence-electron chi connectivity index (χ2n) is 9.34. The van der Waals surface area contributed by atoms with Crippen molar-refractivity contribution in [2.45, 2.75) is 84.5 Å². The Balaban J connectivity index is 1.28. The maximum absolute atomic E-state index is 2.43. The van der Waals surface area contributed by atoms with Crippen molar-refractivity contribution in [2.75, 3.05) is 0 Å². The molecular weight excluding hydrogens is 348 g/mol. The monoisotopic (exact) mass is 384 g/mol. The standard InChI is InChI=1S/C29H36/c1-22-6-8-26(9-7-22)21-27-14-12-24(13-15-27)10-11-25-16-18-28(19-17-25)29-5-3-4-23(2)20-29/h4,6,8,12,14,16,18,20H,3,5,7,9-11,13,15,17,19,21H2,1-2H3. The van der Waals surface area contributed by atoms with Crippen molar-refractivity contribution in [1.29, 1.82) is 0 Å². The Morgan fingerprint density at radius 1 is 0.586 bits per heavy atom. The lowest BCUT2D eigenvalue weighted by molar-refractivity contribution is 0.755. The second-order valence-corrected chi connectivity index (χ2v) is 9.34. The first-order chi connectivity index (χ1) is 14.2. The van der Waals surface area contributed by atoms with Crippen LogP contribution in [0.4, 0.5) is 0 Å². The van der Waals surface area contributed by atoms with Gasteiger partial charge in [0.1, 0.15) is 0 Å². The molecule has 0 fully saturated rings. The highest BCUT2D eigenvalue weighted by atomic mass is 14.2. The van der Waals surface area contributed by atoms with Crippen molar-refractivity contribution in [3.05, 3.63) is 93.2 Å². The van der Waals surface area contributed by atoms with Crippen molar-refractivity contribution in [3.8, 4) is 0 Å². The van der Waals surface area contributed by atoms with Crippen molar-refractivity contribution in [3.63, 3.8) is 0 Å². The Labute approximate surface area is 177 Å². The smallest absolute Gasteiger partial charge is 0.0102 e. The topological polar surface area (TPSA) is 0 Å². The van der Waals surface area contributed by atoms with Crippen LogP contribution in [0.25, 0.3) is 0 Å². The molecule has 4 aliphatic carbocycles. The van der Waals surface area contributed by atoms with E-state index in [9.17, 15) is 0 Å². The first-order valence-electron chi connectivity index (χ1n) is 11.6. The average molecular weight is 385 g/mol.